The highest BCUT2D eigenvalue weighted by Crippen LogP contribution is 2.24. The lowest BCUT2D eigenvalue weighted by Gasteiger charge is -2.10. The predicted octanol–water partition coefficient (Wildman–Crippen LogP) is 2.96. The second-order valence-electron chi connectivity index (χ2n) is 5.34. The SMILES string of the molecule is COC(=O)c1ccc(C(=O)OC)c(NC(=O)c2cc(-c3cccs3)[nH]n2)c1. The molecular formula is C18H15N3O5S. The molecule has 1 amide bonds. The highest BCUT2D eigenvalue weighted by atomic mass is 32.1. The minimum Gasteiger partial charge on any atom is -0.465 e. The van der Waals surface area contributed by atoms with Crippen LogP contribution in [0.25, 0.3) is 10.6 Å². The van der Waals surface area contributed by atoms with Crippen molar-refractivity contribution in [2.24, 2.45) is 0 Å². The molecule has 0 atom stereocenters. The van der Waals surface area contributed by atoms with E-state index in [1.165, 1.54) is 43.8 Å². The average Bonchev–Trinajstić information content (AvgIpc) is 3.38. The van der Waals surface area contributed by atoms with Crippen molar-refractivity contribution >= 4 is 34.9 Å². The van der Waals surface area contributed by atoms with Crippen molar-refractivity contribution in [2.45, 2.75) is 0 Å². The number of carbonyl (C=O) groups is 3. The number of nitrogens with zero attached hydrogens (tertiary/aromatic N) is 1. The Morgan fingerprint density at radius 1 is 1.07 bits per heavy atom. The van der Waals surface area contributed by atoms with E-state index in [9.17, 15) is 14.4 Å². The van der Waals surface area contributed by atoms with Crippen molar-refractivity contribution in [1.29, 1.82) is 0 Å². The van der Waals surface area contributed by atoms with E-state index in [1.807, 2.05) is 17.5 Å². The average molecular weight is 385 g/mol. The molecule has 0 spiro atoms. The molecule has 3 aromatic rings. The molecule has 9 heteroatoms. The van der Waals surface area contributed by atoms with E-state index in [2.05, 4.69) is 20.3 Å². The van der Waals surface area contributed by atoms with Crippen LogP contribution in [-0.4, -0.2) is 42.3 Å². The zero-order valence-corrected chi connectivity index (χ0v) is 15.3. The van der Waals surface area contributed by atoms with Gasteiger partial charge in [-0.25, -0.2) is 9.59 Å². The molecule has 2 N–H and O–H groups in total. The molecule has 0 unspecified atom stereocenters. The molecule has 1 aromatic carbocycles. The van der Waals surface area contributed by atoms with Gasteiger partial charge in [-0.2, -0.15) is 5.10 Å². The highest BCUT2D eigenvalue weighted by Gasteiger charge is 2.19. The lowest BCUT2D eigenvalue weighted by atomic mass is 10.1. The molecule has 138 valence electrons. The van der Waals surface area contributed by atoms with Crippen LogP contribution in [0.4, 0.5) is 5.69 Å². The summed E-state index contributed by atoms with van der Waals surface area (Å²) in [5, 5.41) is 11.3. The molecule has 0 aliphatic rings. The topological polar surface area (TPSA) is 110 Å². The Labute approximate surface area is 158 Å². The monoisotopic (exact) mass is 385 g/mol. The van der Waals surface area contributed by atoms with Crippen LogP contribution < -0.4 is 5.32 Å². The first kappa shape index (κ1) is 18.3. The van der Waals surface area contributed by atoms with Crippen LogP contribution in [0.1, 0.15) is 31.2 Å². The van der Waals surface area contributed by atoms with Gasteiger partial charge in [-0.1, -0.05) is 6.07 Å². The molecule has 0 fully saturated rings. The summed E-state index contributed by atoms with van der Waals surface area (Å²) in [5.74, 6) is -1.79. The number of H-pyrrole nitrogens is 1. The van der Waals surface area contributed by atoms with Crippen LogP contribution in [0.2, 0.25) is 0 Å². The third-order valence-corrected chi connectivity index (χ3v) is 4.59. The number of benzene rings is 1. The number of esters is 2. The molecular weight excluding hydrogens is 370 g/mol. The lowest BCUT2D eigenvalue weighted by Crippen LogP contribution is -2.17. The number of aromatic amines is 1. The number of anilines is 1. The van der Waals surface area contributed by atoms with Gasteiger partial charge in [-0.05, 0) is 35.7 Å². The fraction of sp³-hybridized carbons (Fsp3) is 0.111. The number of hydrogen-bond acceptors (Lipinski definition) is 7. The van der Waals surface area contributed by atoms with E-state index < -0.39 is 17.8 Å². The van der Waals surface area contributed by atoms with Crippen molar-refractivity contribution < 1.29 is 23.9 Å². The Balaban J connectivity index is 1.89. The fourth-order valence-corrected chi connectivity index (χ4v) is 3.06. The van der Waals surface area contributed by atoms with Gasteiger partial charge in [-0.3, -0.25) is 9.89 Å². The van der Waals surface area contributed by atoms with E-state index in [1.54, 1.807) is 6.07 Å². The van der Waals surface area contributed by atoms with Gasteiger partial charge in [0.1, 0.15) is 0 Å². The van der Waals surface area contributed by atoms with Gasteiger partial charge in [0.2, 0.25) is 0 Å². The molecule has 2 aromatic heterocycles. The molecule has 3 rings (SSSR count). The first-order valence-electron chi connectivity index (χ1n) is 7.74. The zero-order chi connectivity index (χ0) is 19.4. The third kappa shape index (κ3) is 3.87. The van der Waals surface area contributed by atoms with E-state index in [0.717, 1.165) is 4.88 Å². The van der Waals surface area contributed by atoms with E-state index in [4.69, 9.17) is 4.74 Å². The Hall–Kier alpha value is -3.46. The van der Waals surface area contributed by atoms with Crippen molar-refractivity contribution in [3.63, 3.8) is 0 Å². The van der Waals surface area contributed by atoms with Gasteiger partial charge < -0.3 is 14.8 Å². The normalized spacial score (nSPS) is 10.3. The van der Waals surface area contributed by atoms with Gasteiger partial charge in [0, 0.05) is 0 Å². The minimum absolute atomic E-state index is 0.104. The second kappa shape index (κ2) is 7.83. The number of aromatic nitrogens is 2. The van der Waals surface area contributed by atoms with Crippen molar-refractivity contribution in [1.82, 2.24) is 10.2 Å². The number of thiophene rings is 1. The van der Waals surface area contributed by atoms with Crippen molar-refractivity contribution in [3.05, 3.63) is 58.6 Å². The van der Waals surface area contributed by atoms with Gasteiger partial charge in [0.05, 0.1) is 41.6 Å². The largest absolute Gasteiger partial charge is 0.465 e. The molecule has 0 saturated heterocycles. The van der Waals surface area contributed by atoms with Crippen LogP contribution in [-0.2, 0) is 9.47 Å². The molecule has 8 nitrogen and oxygen atoms in total. The Bertz CT molecular complexity index is 994. The number of hydrogen-bond donors (Lipinski definition) is 2. The standard InChI is InChI=1S/C18H15N3O5S/c1-25-17(23)10-5-6-11(18(24)26-2)12(8-10)19-16(22)14-9-13(20-21-14)15-4-3-7-27-15/h3-9H,1-2H3,(H,19,22)(H,20,21). The summed E-state index contributed by atoms with van der Waals surface area (Å²) in [6.45, 7) is 0. The quantitative estimate of drug-likeness (QED) is 0.654. The smallest absolute Gasteiger partial charge is 0.339 e. The molecule has 27 heavy (non-hydrogen) atoms. The first-order valence-corrected chi connectivity index (χ1v) is 8.62. The molecule has 0 radical (unpaired) electrons. The summed E-state index contributed by atoms with van der Waals surface area (Å²) < 4.78 is 9.39. The van der Waals surface area contributed by atoms with E-state index in [0.29, 0.717) is 5.69 Å². The van der Waals surface area contributed by atoms with Gasteiger partial charge in [-0.15, -0.1) is 11.3 Å². The first-order chi connectivity index (χ1) is 13.0. The maximum Gasteiger partial charge on any atom is 0.339 e. The summed E-state index contributed by atoms with van der Waals surface area (Å²) in [7, 11) is 2.47. The highest BCUT2D eigenvalue weighted by molar-refractivity contribution is 7.13. The summed E-state index contributed by atoms with van der Waals surface area (Å²) in [6, 6.07) is 9.54. The number of carbonyl (C=O) groups excluding carboxylic acids is 3. The van der Waals surface area contributed by atoms with Crippen LogP contribution in [0.15, 0.2) is 41.8 Å². The fourth-order valence-electron chi connectivity index (χ4n) is 2.36. The molecule has 0 bridgehead atoms. The van der Waals surface area contributed by atoms with Crippen molar-refractivity contribution in [3.8, 4) is 10.6 Å². The summed E-state index contributed by atoms with van der Waals surface area (Å²) in [6.07, 6.45) is 0. The van der Waals surface area contributed by atoms with Crippen LogP contribution >= 0.6 is 11.3 Å². The number of ether oxygens (including phenoxy) is 2. The van der Waals surface area contributed by atoms with E-state index in [-0.39, 0.29) is 22.5 Å². The lowest BCUT2D eigenvalue weighted by molar-refractivity contribution is 0.0587. The van der Waals surface area contributed by atoms with Gasteiger partial charge in [0.15, 0.2) is 5.69 Å². The third-order valence-electron chi connectivity index (χ3n) is 3.69. The summed E-state index contributed by atoms with van der Waals surface area (Å²) in [5.41, 5.74) is 1.24. The zero-order valence-electron chi connectivity index (χ0n) is 14.4. The van der Waals surface area contributed by atoms with Crippen LogP contribution in [0, 0.1) is 0 Å². The molecule has 0 saturated carbocycles. The summed E-state index contributed by atoms with van der Waals surface area (Å²) >= 11 is 1.51. The minimum atomic E-state index is -0.650. The van der Waals surface area contributed by atoms with Gasteiger partial charge in [0.25, 0.3) is 5.91 Å². The maximum atomic E-state index is 12.6. The summed E-state index contributed by atoms with van der Waals surface area (Å²) in [4.78, 5) is 37.2. The number of nitrogens with one attached hydrogen (secondary N) is 2. The molecule has 0 aliphatic heterocycles. The number of amides is 1. The van der Waals surface area contributed by atoms with Crippen LogP contribution in [0.3, 0.4) is 0 Å². The Morgan fingerprint density at radius 2 is 1.85 bits per heavy atom. The Kier molecular flexibility index (Phi) is 5.32. The molecule has 2 heterocycles. The van der Waals surface area contributed by atoms with Crippen molar-refractivity contribution in [2.75, 3.05) is 19.5 Å². The number of rotatable bonds is 5. The molecule has 0 aliphatic carbocycles. The predicted molar refractivity (Wildman–Crippen MR) is 99.0 cm³/mol. The number of methoxy groups -OCH3 is 2. The van der Waals surface area contributed by atoms with Crippen LogP contribution in [0.5, 0.6) is 0 Å². The van der Waals surface area contributed by atoms with Gasteiger partial charge >= 0.3 is 11.9 Å². The maximum absolute atomic E-state index is 12.6. The Morgan fingerprint density at radius 3 is 2.52 bits per heavy atom. The van der Waals surface area contributed by atoms with E-state index >= 15 is 0 Å². The second-order valence-corrected chi connectivity index (χ2v) is 6.29.